The number of aromatic nitrogens is 2. The largest absolute Gasteiger partial charge is 0.349 e. The van der Waals surface area contributed by atoms with Gasteiger partial charge in [0.1, 0.15) is 0 Å². The maximum atomic E-state index is 13.1. The lowest BCUT2D eigenvalue weighted by Crippen LogP contribution is -2.44. The molecule has 0 spiro atoms. The summed E-state index contributed by atoms with van der Waals surface area (Å²) in [5.41, 5.74) is 2.63. The van der Waals surface area contributed by atoms with Gasteiger partial charge < -0.3 is 10.2 Å². The number of benzene rings is 1. The van der Waals surface area contributed by atoms with Gasteiger partial charge in [0.25, 0.3) is 0 Å². The van der Waals surface area contributed by atoms with E-state index in [1.54, 1.807) is 4.90 Å². The average molecular weight is 426 g/mol. The van der Waals surface area contributed by atoms with Crippen LogP contribution in [0.4, 0.5) is 10.3 Å². The van der Waals surface area contributed by atoms with Crippen LogP contribution in [0.15, 0.2) is 24.3 Å². The minimum Gasteiger partial charge on any atom is -0.349 e. The van der Waals surface area contributed by atoms with E-state index >= 15 is 0 Å². The van der Waals surface area contributed by atoms with E-state index in [1.165, 1.54) is 22.5 Å². The number of rotatable bonds is 4. The topological polar surface area (TPSA) is 78.4 Å². The maximum absolute atomic E-state index is 13.1. The summed E-state index contributed by atoms with van der Waals surface area (Å²) < 4.78 is 0. The zero-order chi connectivity index (χ0) is 20.5. The summed E-state index contributed by atoms with van der Waals surface area (Å²) >= 11 is 1.46. The minimum absolute atomic E-state index is 0.0476. The van der Waals surface area contributed by atoms with Crippen LogP contribution < -0.4 is 15.1 Å². The van der Waals surface area contributed by atoms with Crippen molar-refractivity contribution in [2.75, 3.05) is 29.4 Å². The molecule has 5 rings (SSSR count). The normalized spacial score (nSPS) is 24.1. The minimum atomic E-state index is -0.0476. The number of fused-ring (bicyclic) bond motifs is 1. The van der Waals surface area contributed by atoms with Crippen LogP contribution in [0.25, 0.3) is 0 Å². The number of amides is 2. The Bertz CT molecular complexity index is 945. The van der Waals surface area contributed by atoms with Crippen molar-refractivity contribution in [3.05, 3.63) is 35.4 Å². The Labute approximate surface area is 180 Å². The number of nitrogens with one attached hydrogen (secondary N) is 1. The quantitative estimate of drug-likeness (QED) is 0.815. The number of hydrogen-bond donors (Lipinski definition) is 1. The van der Waals surface area contributed by atoms with Crippen LogP contribution in [0.5, 0.6) is 0 Å². The molecule has 0 saturated carbocycles. The second-order valence-electron chi connectivity index (χ2n) is 8.45. The fraction of sp³-hybridized carbons (Fsp3) is 0.545. The van der Waals surface area contributed by atoms with Gasteiger partial charge in [0.05, 0.1) is 12.0 Å². The predicted octanol–water partition coefficient (Wildman–Crippen LogP) is 3.08. The van der Waals surface area contributed by atoms with Crippen LogP contribution in [0.1, 0.15) is 55.7 Å². The Morgan fingerprint density at radius 1 is 1.03 bits per heavy atom. The molecule has 0 unspecified atom stereocenters. The molecule has 2 amide bonds. The molecule has 0 bridgehead atoms. The van der Waals surface area contributed by atoms with Gasteiger partial charge >= 0.3 is 0 Å². The predicted molar refractivity (Wildman–Crippen MR) is 117 cm³/mol. The lowest BCUT2D eigenvalue weighted by Gasteiger charge is -2.33. The third-order valence-electron chi connectivity index (χ3n) is 6.46. The summed E-state index contributed by atoms with van der Waals surface area (Å²) in [6.45, 7) is 2.25. The Morgan fingerprint density at radius 3 is 2.77 bits per heavy atom. The van der Waals surface area contributed by atoms with Crippen molar-refractivity contribution in [2.45, 2.75) is 51.0 Å². The molecule has 3 heterocycles. The van der Waals surface area contributed by atoms with Crippen LogP contribution in [0.2, 0.25) is 0 Å². The molecule has 158 valence electrons. The number of carbonyl (C=O) groups excluding carboxylic acids is 2. The van der Waals surface area contributed by atoms with Gasteiger partial charge in [-0.2, -0.15) is 0 Å². The van der Waals surface area contributed by atoms with Crippen molar-refractivity contribution < 1.29 is 9.59 Å². The van der Waals surface area contributed by atoms with E-state index in [9.17, 15) is 9.59 Å². The van der Waals surface area contributed by atoms with Crippen LogP contribution in [-0.2, 0) is 16.0 Å². The molecular weight excluding hydrogens is 398 g/mol. The maximum Gasteiger partial charge on any atom is 0.228 e. The zero-order valence-electron chi connectivity index (χ0n) is 17.0. The highest BCUT2D eigenvalue weighted by molar-refractivity contribution is 7.19. The van der Waals surface area contributed by atoms with E-state index in [-0.39, 0.29) is 23.8 Å². The van der Waals surface area contributed by atoms with Gasteiger partial charge in [-0.05, 0) is 49.7 Å². The molecule has 7 nitrogen and oxygen atoms in total. The van der Waals surface area contributed by atoms with Crippen molar-refractivity contribution in [1.29, 1.82) is 0 Å². The summed E-state index contributed by atoms with van der Waals surface area (Å²) in [6, 6.07) is 8.58. The zero-order valence-corrected chi connectivity index (χ0v) is 17.9. The van der Waals surface area contributed by atoms with E-state index in [1.807, 2.05) is 0 Å². The Morgan fingerprint density at radius 2 is 1.90 bits per heavy atom. The first-order valence-electron chi connectivity index (χ1n) is 11.0. The molecule has 3 aliphatic rings. The van der Waals surface area contributed by atoms with Crippen molar-refractivity contribution >= 4 is 33.4 Å². The molecule has 8 heteroatoms. The summed E-state index contributed by atoms with van der Waals surface area (Å²) in [7, 11) is 0. The van der Waals surface area contributed by atoms with E-state index in [0.717, 1.165) is 56.7 Å². The fourth-order valence-corrected chi connectivity index (χ4v) is 5.78. The number of piperidine rings is 1. The molecule has 2 aliphatic heterocycles. The molecule has 2 fully saturated rings. The average Bonchev–Trinajstić information content (AvgIpc) is 3.43. The van der Waals surface area contributed by atoms with Gasteiger partial charge in [0, 0.05) is 26.1 Å². The third-order valence-corrected chi connectivity index (χ3v) is 7.46. The molecule has 1 aliphatic carbocycles. The monoisotopic (exact) mass is 425 g/mol. The first-order valence-corrected chi connectivity index (χ1v) is 11.8. The third kappa shape index (κ3) is 3.80. The lowest BCUT2D eigenvalue weighted by molar-refractivity contribution is -0.126. The van der Waals surface area contributed by atoms with Crippen molar-refractivity contribution in [3.63, 3.8) is 0 Å². The van der Waals surface area contributed by atoms with E-state index < -0.39 is 0 Å². The van der Waals surface area contributed by atoms with Crippen molar-refractivity contribution in [1.82, 2.24) is 15.5 Å². The first kappa shape index (κ1) is 19.5. The molecule has 2 atom stereocenters. The highest BCUT2D eigenvalue weighted by atomic mass is 32.1. The van der Waals surface area contributed by atoms with E-state index in [2.05, 4.69) is 44.7 Å². The highest BCUT2D eigenvalue weighted by Gasteiger charge is 2.31. The van der Waals surface area contributed by atoms with E-state index in [4.69, 9.17) is 0 Å². The smallest absolute Gasteiger partial charge is 0.228 e. The van der Waals surface area contributed by atoms with Crippen LogP contribution in [0.3, 0.4) is 0 Å². The second kappa shape index (κ2) is 8.34. The molecule has 2 aromatic rings. The number of nitrogens with zero attached hydrogens (tertiary/aromatic N) is 4. The molecule has 1 N–H and O–H groups in total. The summed E-state index contributed by atoms with van der Waals surface area (Å²) in [4.78, 5) is 29.0. The van der Waals surface area contributed by atoms with Crippen LogP contribution >= 0.6 is 11.3 Å². The van der Waals surface area contributed by atoms with Gasteiger partial charge in [-0.25, -0.2) is 0 Å². The Hall–Kier alpha value is -2.48. The summed E-state index contributed by atoms with van der Waals surface area (Å²) in [6.07, 6.45) is 6.53. The summed E-state index contributed by atoms with van der Waals surface area (Å²) in [5.74, 6) is 0.218. The van der Waals surface area contributed by atoms with Crippen molar-refractivity contribution in [3.8, 4) is 0 Å². The number of anilines is 2. The highest BCUT2D eigenvalue weighted by Crippen LogP contribution is 2.33. The number of carbonyl (C=O) groups is 2. The Kier molecular flexibility index (Phi) is 5.41. The second-order valence-corrected chi connectivity index (χ2v) is 9.39. The number of hydrogen-bond acceptors (Lipinski definition) is 6. The van der Waals surface area contributed by atoms with Crippen LogP contribution in [0, 0.1) is 5.92 Å². The van der Waals surface area contributed by atoms with Gasteiger partial charge in [0.15, 0.2) is 0 Å². The number of aryl methyl sites for hydroxylation is 1. The molecule has 1 aromatic heterocycles. The van der Waals surface area contributed by atoms with Gasteiger partial charge in [-0.1, -0.05) is 35.6 Å². The van der Waals surface area contributed by atoms with Crippen LogP contribution in [-0.4, -0.2) is 41.6 Å². The lowest BCUT2D eigenvalue weighted by atomic mass is 9.87. The molecule has 1 aromatic carbocycles. The molecule has 30 heavy (non-hydrogen) atoms. The standard InChI is InChI=1S/C22H27N5O2S/c28-19-11-5-13-27(19)22-25-24-21(30-22)26-12-4-8-16(14-26)20(29)23-18-10-3-7-15-6-1-2-9-17(15)18/h1-2,6,9,16,18H,3-5,7-8,10-14H2,(H,23,29)/t16-,18+/m1/s1. The summed E-state index contributed by atoms with van der Waals surface area (Å²) in [5, 5.41) is 13.4. The van der Waals surface area contributed by atoms with Gasteiger partial charge in [-0.3, -0.25) is 14.5 Å². The van der Waals surface area contributed by atoms with E-state index in [0.29, 0.717) is 18.1 Å². The Balaban J connectivity index is 1.24. The van der Waals surface area contributed by atoms with Gasteiger partial charge in [-0.15, -0.1) is 10.2 Å². The molecular formula is C22H27N5O2S. The van der Waals surface area contributed by atoms with Crippen molar-refractivity contribution in [2.24, 2.45) is 5.92 Å². The SMILES string of the molecule is O=C(N[C@H]1CCCc2ccccc21)[C@@H]1CCCN(c2nnc(N3CCCC3=O)s2)C1. The first-order chi connectivity index (χ1) is 14.7. The van der Waals surface area contributed by atoms with Gasteiger partial charge in [0.2, 0.25) is 22.1 Å². The fourth-order valence-electron chi connectivity index (χ4n) is 4.85. The molecule has 2 saturated heterocycles. The molecule has 0 radical (unpaired) electrons.